The first-order chi connectivity index (χ1) is 9.58. The molecule has 1 heterocycles. The van der Waals surface area contributed by atoms with Gasteiger partial charge in [0.25, 0.3) is 0 Å². The first-order valence-electron chi connectivity index (χ1n) is 6.39. The zero-order chi connectivity index (χ0) is 16.1. The van der Waals surface area contributed by atoms with Crippen molar-refractivity contribution in [3.8, 4) is 0 Å². The topological polar surface area (TPSA) is 90.1 Å². The molecule has 1 amide bonds. The molecule has 0 radical (unpaired) electrons. The Balaban J connectivity index is 0. The minimum absolute atomic E-state index is 0.103. The number of nitrogen functional groups attached to an aromatic ring is 1. The van der Waals surface area contributed by atoms with Gasteiger partial charge in [0.05, 0.1) is 6.61 Å². The number of hydrogen-bond acceptors (Lipinski definition) is 6. The van der Waals surface area contributed by atoms with E-state index in [-0.39, 0.29) is 23.3 Å². The highest BCUT2D eigenvalue weighted by Gasteiger charge is 2.12. The summed E-state index contributed by atoms with van der Waals surface area (Å²) in [6.45, 7) is 9.96. The third-order valence-electron chi connectivity index (χ3n) is 1.56. The average Bonchev–Trinajstić information content (AvgIpc) is 2.48. The zero-order valence-electron chi connectivity index (χ0n) is 12.8. The summed E-state index contributed by atoms with van der Waals surface area (Å²) in [6, 6.07) is 0. The quantitative estimate of drug-likeness (QED) is 0.495. The van der Waals surface area contributed by atoms with E-state index < -0.39 is 6.09 Å². The SMILES string of the molecule is CC.CC.CCOC(=O)Nc1nc(SC)nc(Cl)c1N. The van der Waals surface area contributed by atoms with Gasteiger partial charge in [-0.3, -0.25) is 5.32 Å². The highest BCUT2D eigenvalue weighted by molar-refractivity contribution is 7.98. The van der Waals surface area contributed by atoms with Gasteiger partial charge < -0.3 is 10.5 Å². The number of carbonyl (C=O) groups is 1. The summed E-state index contributed by atoms with van der Waals surface area (Å²) in [7, 11) is 0. The van der Waals surface area contributed by atoms with Crippen LogP contribution in [0, 0.1) is 0 Å². The van der Waals surface area contributed by atoms with Gasteiger partial charge in [0, 0.05) is 0 Å². The lowest BCUT2D eigenvalue weighted by atomic mass is 10.5. The maximum atomic E-state index is 11.2. The smallest absolute Gasteiger partial charge is 0.412 e. The molecule has 0 fully saturated rings. The Morgan fingerprint density at radius 3 is 2.35 bits per heavy atom. The Bertz CT molecular complexity index is 405. The number of hydrogen-bond donors (Lipinski definition) is 2. The molecule has 6 nitrogen and oxygen atoms in total. The van der Waals surface area contributed by atoms with E-state index in [1.807, 2.05) is 27.7 Å². The maximum absolute atomic E-state index is 11.2. The van der Waals surface area contributed by atoms with Gasteiger partial charge in [-0.15, -0.1) is 0 Å². The number of carbonyl (C=O) groups excluding carboxylic acids is 1. The molecule has 0 aliphatic heterocycles. The highest BCUT2D eigenvalue weighted by atomic mass is 35.5. The van der Waals surface area contributed by atoms with Crippen LogP contribution < -0.4 is 11.1 Å². The molecule has 20 heavy (non-hydrogen) atoms. The molecule has 1 rings (SSSR count). The molecule has 0 saturated heterocycles. The normalized spacial score (nSPS) is 8.55. The van der Waals surface area contributed by atoms with Gasteiger partial charge >= 0.3 is 6.09 Å². The molecule has 0 aliphatic carbocycles. The van der Waals surface area contributed by atoms with Gasteiger partial charge in [0.15, 0.2) is 16.1 Å². The fourth-order valence-electron chi connectivity index (χ4n) is 0.873. The van der Waals surface area contributed by atoms with E-state index in [4.69, 9.17) is 22.1 Å². The molecule has 0 unspecified atom stereocenters. The van der Waals surface area contributed by atoms with E-state index in [2.05, 4.69) is 15.3 Å². The number of rotatable bonds is 3. The van der Waals surface area contributed by atoms with Crippen LogP contribution in [0.5, 0.6) is 0 Å². The van der Waals surface area contributed by atoms with Crippen molar-refractivity contribution in [1.29, 1.82) is 0 Å². The van der Waals surface area contributed by atoms with Crippen molar-refractivity contribution >= 4 is 41.0 Å². The Morgan fingerprint density at radius 2 is 1.90 bits per heavy atom. The molecular formula is C12H23ClN4O2S. The Labute approximate surface area is 129 Å². The van der Waals surface area contributed by atoms with Gasteiger partial charge in [-0.1, -0.05) is 51.1 Å². The Kier molecular flexibility index (Phi) is 13.5. The van der Waals surface area contributed by atoms with E-state index in [0.717, 1.165) is 0 Å². The number of thioether (sulfide) groups is 1. The summed E-state index contributed by atoms with van der Waals surface area (Å²) in [5, 5.41) is 2.92. The summed E-state index contributed by atoms with van der Waals surface area (Å²) in [4.78, 5) is 19.1. The summed E-state index contributed by atoms with van der Waals surface area (Å²) >= 11 is 7.07. The average molecular weight is 323 g/mol. The summed E-state index contributed by atoms with van der Waals surface area (Å²) in [5.74, 6) is 0.155. The van der Waals surface area contributed by atoms with E-state index in [1.54, 1.807) is 13.2 Å². The van der Waals surface area contributed by atoms with Gasteiger partial charge in [-0.25, -0.2) is 14.8 Å². The molecule has 1 aromatic rings. The van der Waals surface area contributed by atoms with E-state index >= 15 is 0 Å². The molecule has 0 atom stereocenters. The summed E-state index contributed by atoms with van der Waals surface area (Å²) in [5.41, 5.74) is 5.73. The molecule has 116 valence electrons. The number of halogens is 1. The first-order valence-corrected chi connectivity index (χ1v) is 7.99. The predicted octanol–water partition coefficient (Wildman–Crippen LogP) is 4.05. The molecule has 3 N–H and O–H groups in total. The lowest BCUT2D eigenvalue weighted by Crippen LogP contribution is -2.16. The van der Waals surface area contributed by atoms with Crippen LogP contribution in [0.25, 0.3) is 0 Å². The third kappa shape index (κ3) is 7.40. The van der Waals surface area contributed by atoms with Crippen LogP contribution in [0.2, 0.25) is 5.15 Å². The van der Waals surface area contributed by atoms with Crippen LogP contribution in [0.3, 0.4) is 0 Å². The van der Waals surface area contributed by atoms with Crippen molar-refractivity contribution in [2.24, 2.45) is 0 Å². The number of ether oxygens (including phenoxy) is 1. The number of amides is 1. The number of nitrogens with one attached hydrogen (secondary N) is 1. The van der Waals surface area contributed by atoms with Crippen LogP contribution in [0.4, 0.5) is 16.3 Å². The lowest BCUT2D eigenvalue weighted by molar-refractivity contribution is 0.168. The Hall–Kier alpha value is -1.21. The van der Waals surface area contributed by atoms with Gasteiger partial charge in [0.1, 0.15) is 5.69 Å². The van der Waals surface area contributed by atoms with Crippen molar-refractivity contribution in [3.05, 3.63) is 5.15 Å². The first kappa shape index (κ1) is 21.1. The van der Waals surface area contributed by atoms with Crippen LogP contribution in [-0.2, 0) is 4.74 Å². The molecular weight excluding hydrogens is 300 g/mol. The molecule has 0 aromatic carbocycles. The minimum Gasteiger partial charge on any atom is -0.450 e. The van der Waals surface area contributed by atoms with Crippen LogP contribution in [-0.4, -0.2) is 28.9 Å². The van der Waals surface area contributed by atoms with Crippen molar-refractivity contribution in [3.63, 3.8) is 0 Å². The van der Waals surface area contributed by atoms with Crippen LogP contribution in [0.15, 0.2) is 5.16 Å². The van der Waals surface area contributed by atoms with Crippen LogP contribution in [0.1, 0.15) is 34.6 Å². The molecule has 0 bridgehead atoms. The molecule has 0 spiro atoms. The monoisotopic (exact) mass is 322 g/mol. The van der Waals surface area contributed by atoms with Gasteiger partial charge in [-0.05, 0) is 13.2 Å². The third-order valence-corrected chi connectivity index (χ3v) is 2.39. The summed E-state index contributed by atoms with van der Waals surface area (Å²) < 4.78 is 4.70. The predicted molar refractivity (Wildman–Crippen MR) is 86.6 cm³/mol. The number of nitrogens with zero attached hydrogens (tertiary/aromatic N) is 2. The largest absolute Gasteiger partial charge is 0.450 e. The molecule has 8 heteroatoms. The van der Waals surface area contributed by atoms with E-state index in [9.17, 15) is 4.79 Å². The molecule has 0 saturated carbocycles. The van der Waals surface area contributed by atoms with Crippen molar-refractivity contribution in [2.45, 2.75) is 39.8 Å². The number of aromatic nitrogens is 2. The maximum Gasteiger partial charge on any atom is 0.412 e. The van der Waals surface area contributed by atoms with Crippen molar-refractivity contribution in [2.75, 3.05) is 23.9 Å². The second-order valence-corrected chi connectivity index (χ2v) is 3.74. The highest BCUT2D eigenvalue weighted by Crippen LogP contribution is 2.26. The van der Waals surface area contributed by atoms with Crippen LogP contribution >= 0.6 is 23.4 Å². The van der Waals surface area contributed by atoms with E-state index in [0.29, 0.717) is 5.16 Å². The number of anilines is 2. The fraction of sp³-hybridized carbons (Fsp3) is 0.583. The van der Waals surface area contributed by atoms with E-state index in [1.165, 1.54) is 11.8 Å². The van der Waals surface area contributed by atoms with Gasteiger partial charge in [0.2, 0.25) is 0 Å². The zero-order valence-corrected chi connectivity index (χ0v) is 14.4. The fourth-order valence-corrected chi connectivity index (χ4v) is 1.46. The lowest BCUT2D eigenvalue weighted by Gasteiger charge is -2.08. The number of nitrogens with two attached hydrogens (primary N) is 1. The minimum atomic E-state index is -0.629. The van der Waals surface area contributed by atoms with Crippen molar-refractivity contribution < 1.29 is 9.53 Å². The Morgan fingerprint density at radius 1 is 1.35 bits per heavy atom. The van der Waals surface area contributed by atoms with Gasteiger partial charge in [-0.2, -0.15) is 0 Å². The summed E-state index contributed by atoms with van der Waals surface area (Å²) in [6.07, 6.45) is 1.16. The second kappa shape index (κ2) is 12.8. The standard InChI is InChI=1S/C8H11ClN4O2S.2C2H6/c1-3-15-8(14)13-6-4(10)5(9)11-7(12-6)16-2;2*1-2/h3,10H2,1-2H3,(H,11,12,13,14);2*1-2H3. The second-order valence-electron chi connectivity index (χ2n) is 2.61. The molecule has 1 aromatic heterocycles. The molecule has 0 aliphatic rings. The van der Waals surface area contributed by atoms with Crippen molar-refractivity contribution in [1.82, 2.24) is 9.97 Å².